The second kappa shape index (κ2) is 11.3. The van der Waals surface area contributed by atoms with Crippen LogP contribution in [0, 0.1) is 5.92 Å². The van der Waals surface area contributed by atoms with E-state index in [0.29, 0.717) is 36.5 Å². The maximum Gasteiger partial charge on any atom is 0.258 e. The van der Waals surface area contributed by atoms with E-state index >= 15 is 0 Å². The number of methoxy groups -OCH3 is 1. The second-order valence-electron chi connectivity index (χ2n) is 7.81. The standard InChI is InChI=1S/C24H33NO4/c1-17(2)12-13-28-22-11-6-19(14-23(22)27-5)15-25-24(26)16-29-21-9-7-20(8-10-21)18(3)4/h6-11,14,17-18H,12-13,15-16H2,1-5H3,(H,25,26). The maximum absolute atomic E-state index is 12.1. The lowest BCUT2D eigenvalue weighted by atomic mass is 10.0. The minimum atomic E-state index is -0.172. The third-order valence-electron chi connectivity index (χ3n) is 4.59. The van der Waals surface area contributed by atoms with Crippen LogP contribution in [-0.4, -0.2) is 26.2 Å². The van der Waals surface area contributed by atoms with E-state index in [4.69, 9.17) is 14.2 Å². The van der Waals surface area contributed by atoms with Gasteiger partial charge in [-0.2, -0.15) is 0 Å². The van der Waals surface area contributed by atoms with Gasteiger partial charge in [-0.1, -0.05) is 45.9 Å². The Morgan fingerprint density at radius 1 is 0.966 bits per heavy atom. The molecule has 0 radical (unpaired) electrons. The molecule has 0 heterocycles. The summed E-state index contributed by atoms with van der Waals surface area (Å²) < 4.78 is 16.8. The summed E-state index contributed by atoms with van der Waals surface area (Å²) in [6.07, 6.45) is 0.987. The first-order chi connectivity index (χ1) is 13.9. The van der Waals surface area contributed by atoms with Gasteiger partial charge in [0.05, 0.1) is 13.7 Å². The molecule has 0 unspecified atom stereocenters. The fraction of sp³-hybridized carbons (Fsp3) is 0.458. The first-order valence-corrected chi connectivity index (χ1v) is 10.2. The van der Waals surface area contributed by atoms with E-state index in [-0.39, 0.29) is 12.5 Å². The van der Waals surface area contributed by atoms with Gasteiger partial charge in [-0.05, 0) is 53.6 Å². The summed E-state index contributed by atoms with van der Waals surface area (Å²) in [4.78, 5) is 12.1. The van der Waals surface area contributed by atoms with Gasteiger partial charge >= 0.3 is 0 Å². The zero-order chi connectivity index (χ0) is 21.2. The molecular weight excluding hydrogens is 366 g/mol. The summed E-state index contributed by atoms with van der Waals surface area (Å²) in [7, 11) is 1.62. The van der Waals surface area contributed by atoms with E-state index in [9.17, 15) is 4.79 Å². The van der Waals surface area contributed by atoms with Gasteiger partial charge in [0.15, 0.2) is 18.1 Å². The highest BCUT2D eigenvalue weighted by Gasteiger charge is 2.08. The van der Waals surface area contributed by atoms with Gasteiger partial charge in [-0.3, -0.25) is 4.79 Å². The molecule has 29 heavy (non-hydrogen) atoms. The first-order valence-electron chi connectivity index (χ1n) is 10.2. The minimum Gasteiger partial charge on any atom is -0.493 e. The van der Waals surface area contributed by atoms with Crippen molar-refractivity contribution in [2.45, 2.75) is 46.6 Å². The maximum atomic E-state index is 12.1. The minimum absolute atomic E-state index is 0.0193. The van der Waals surface area contributed by atoms with Crippen LogP contribution in [0.5, 0.6) is 17.2 Å². The molecule has 2 aromatic carbocycles. The van der Waals surface area contributed by atoms with Crippen molar-refractivity contribution in [1.29, 1.82) is 0 Å². The van der Waals surface area contributed by atoms with E-state index in [1.807, 2.05) is 42.5 Å². The molecule has 0 atom stereocenters. The van der Waals surface area contributed by atoms with E-state index in [2.05, 4.69) is 33.0 Å². The Hall–Kier alpha value is -2.69. The Bertz CT molecular complexity index is 769. The summed E-state index contributed by atoms with van der Waals surface area (Å²) in [6, 6.07) is 13.5. The van der Waals surface area contributed by atoms with E-state index < -0.39 is 0 Å². The number of ether oxygens (including phenoxy) is 3. The molecular formula is C24H33NO4. The van der Waals surface area contributed by atoms with Crippen LogP contribution in [0.2, 0.25) is 0 Å². The Labute approximate surface area is 174 Å². The molecule has 158 valence electrons. The van der Waals surface area contributed by atoms with Gasteiger partial charge in [0, 0.05) is 6.54 Å². The number of amides is 1. The van der Waals surface area contributed by atoms with Gasteiger partial charge < -0.3 is 19.5 Å². The molecule has 0 saturated heterocycles. The quantitative estimate of drug-likeness (QED) is 0.581. The van der Waals surface area contributed by atoms with Crippen LogP contribution in [-0.2, 0) is 11.3 Å². The fourth-order valence-corrected chi connectivity index (χ4v) is 2.70. The number of benzene rings is 2. The molecule has 1 N–H and O–H groups in total. The van der Waals surface area contributed by atoms with E-state index in [0.717, 1.165) is 17.7 Å². The molecule has 0 bridgehead atoms. The Balaban J connectivity index is 1.81. The molecule has 1 amide bonds. The molecule has 0 saturated carbocycles. The highest BCUT2D eigenvalue weighted by Crippen LogP contribution is 2.28. The zero-order valence-corrected chi connectivity index (χ0v) is 18.2. The van der Waals surface area contributed by atoms with Crippen molar-refractivity contribution in [1.82, 2.24) is 5.32 Å². The van der Waals surface area contributed by atoms with Crippen LogP contribution in [0.15, 0.2) is 42.5 Å². The van der Waals surface area contributed by atoms with Crippen molar-refractivity contribution in [3.8, 4) is 17.2 Å². The Kier molecular flexibility index (Phi) is 8.84. The monoisotopic (exact) mass is 399 g/mol. The van der Waals surface area contributed by atoms with Gasteiger partial charge in [-0.15, -0.1) is 0 Å². The lowest BCUT2D eigenvalue weighted by Gasteiger charge is -2.13. The number of hydrogen-bond acceptors (Lipinski definition) is 4. The number of rotatable bonds is 11. The van der Waals surface area contributed by atoms with Crippen LogP contribution in [0.4, 0.5) is 0 Å². The molecule has 0 aliphatic rings. The van der Waals surface area contributed by atoms with Crippen LogP contribution < -0.4 is 19.5 Å². The predicted molar refractivity (Wildman–Crippen MR) is 116 cm³/mol. The molecule has 0 aliphatic heterocycles. The van der Waals surface area contributed by atoms with Crippen molar-refractivity contribution >= 4 is 5.91 Å². The van der Waals surface area contributed by atoms with Crippen LogP contribution in [0.3, 0.4) is 0 Å². The normalized spacial score (nSPS) is 10.9. The van der Waals surface area contributed by atoms with Crippen molar-refractivity contribution in [2.24, 2.45) is 5.92 Å². The largest absolute Gasteiger partial charge is 0.493 e. The lowest BCUT2D eigenvalue weighted by Crippen LogP contribution is -2.28. The van der Waals surface area contributed by atoms with Gasteiger partial charge in [0.1, 0.15) is 5.75 Å². The van der Waals surface area contributed by atoms with E-state index in [1.165, 1.54) is 5.56 Å². The Morgan fingerprint density at radius 3 is 2.31 bits per heavy atom. The SMILES string of the molecule is COc1cc(CNC(=O)COc2ccc(C(C)C)cc2)ccc1OCCC(C)C. The van der Waals surface area contributed by atoms with Crippen LogP contribution in [0.1, 0.15) is 51.2 Å². The van der Waals surface area contributed by atoms with Crippen LogP contribution >= 0.6 is 0 Å². The first kappa shape index (κ1) is 22.6. The average Bonchev–Trinajstić information content (AvgIpc) is 2.71. The highest BCUT2D eigenvalue weighted by molar-refractivity contribution is 5.77. The van der Waals surface area contributed by atoms with Gasteiger partial charge in [0.2, 0.25) is 0 Å². The highest BCUT2D eigenvalue weighted by atomic mass is 16.5. The summed E-state index contributed by atoms with van der Waals surface area (Å²) in [5.74, 6) is 2.96. The lowest BCUT2D eigenvalue weighted by molar-refractivity contribution is -0.123. The molecule has 0 aromatic heterocycles. The third kappa shape index (κ3) is 7.68. The van der Waals surface area contributed by atoms with Crippen molar-refractivity contribution in [3.05, 3.63) is 53.6 Å². The summed E-state index contributed by atoms with van der Waals surface area (Å²) in [5.41, 5.74) is 2.18. The number of hydrogen-bond donors (Lipinski definition) is 1. The zero-order valence-electron chi connectivity index (χ0n) is 18.2. The number of carbonyl (C=O) groups is 1. The van der Waals surface area contributed by atoms with Gasteiger partial charge in [-0.25, -0.2) is 0 Å². The Morgan fingerprint density at radius 2 is 1.69 bits per heavy atom. The average molecular weight is 400 g/mol. The fourth-order valence-electron chi connectivity index (χ4n) is 2.70. The van der Waals surface area contributed by atoms with Crippen LogP contribution in [0.25, 0.3) is 0 Å². The molecule has 5 nitrogen and oxygen atoms in total. The molecule has 5 heteroatoms. The summed E-state index contributed by atoms with van der Waals surface area (Å²) in [5, 5.41) is 2.87. The van der Waals surface area contributed by atoms with Gasteiger partial charge in [0.25, 0.3) is 5.91 Å². The van der Waals surface area contributed by atoms with E-state index in [1.54, 1.807) is 7.11 Å². The molecule has 2 aromatic rings. The second-order valence-corrected chi connectivity index (χ2v) is 7.81. The molecule has 0 spiro atoms. The third-order valence-corrected chi connectivity index (χ3v) is 4.59. The number of carbonyl (C=O) groups excluding carboxylic acids is 1. The number of nitrogens with one attached hydrogen (secondary N) is 1. The van der Waals surface area contributed by atoms with Crippen molar-refractivity contribution < 1.29 is 19.0 Å². The smallest absolute Gasteiger partial charge is 0.258 e. The topological polar surface area (TPSA) is 56.8 Å². The molecule has 2 rings (SSSR count). The molecule has 0 aliphatic carbocycles. The predicted octanol–water partition coefficient (Wildman–Crippen LogP) is 4.94. The summed E-state index contributed by atoms with van der Waals surface area (Å²) in [6.45, 7) is 9.64. The summed E-state index contributed by atoms with van der Waals surface area (Å²) >= 11 is 0. The molecule has 0 fully saturated rings. The van der Waals surface area contributed by atoms with Crippen molar-refractivity contribution in [2.75, 3.05) is 20.3 Å². The van der Waals surface area contributed by atoms with Crippen molar-refractivity contribution in [3.63, 3.8) is 0 Å².